The molecule has 1 aliphatic heterocycles. The van der Waals surface area contributed by atoms with Crippen LogP contribution in [0.15, 0.2) is 48.9 Å². The molecule has 1 aliphatic rings. The first-order valence-electron chi connectivity index (χ1n) is 7.00. The number of para-hydroxylation sites is 1. The number of benzene rings is 1. The maximum absolute atomic E-state index is 12.8. The lowest BCUT2D eigenvalue weighted by Gasteiger charge is -2.10. The molecule has 24 heavy (non-hydrogen) atoms. The highest BCUT2D eigenvalue weighted by Gasteiger charge is 2.33. The zero-order valence-electron chi connectivity index (χ0n) is 12.1. The van der Waals surface area contributed by atoms with Gasteiger partial charge in [-0.1, -0.05) is 18.2 Å². The van der Waals surface area contributed by atoms with Gasteiger partial charge in [-0.3, -0.25) is 0 Å². The summed E-state index contributed by atoms with van der Waals surface area (Å²) in [6.45, 7) is 0.0825. The second-order valence-electron chi connectivity index (χ2n) is 5.10. The number of halogens is 3. The van der Waals surface area contributed by atoms with Crippen molar-refractivity contribution >= 4 is 16.7 Å². The molecule has 0 amide bonds. The lowest BCUT2D eigenvalue weighted by atomic mass is 10.1. The highest BCUT2D eigenvalue weighted by Crippen LogP contribution is 2.30. The van der Waals surface area contributed by atoms with Gasteiger partial charge < -0.3 is 9.47 Å². The van der Waals surface area contributed by atoms with E-state index in [0.717, 1.165) is 6.07 Å². The van der Waals surface area contributed by atoms with E-state index in [-0.39, 0.29) is 6.79 Å². The van der Waals surface area contributed by atoms with Gasteiger partial charge in [0.1, 0.15) is 12.0 Å². The molecule has 122 valence electrons. The molecule has 3 heterocycles. The summed E-state index contributed by atoms with van der Waals surface area (Å²) in [5.74, 6) is 0.421. The van der Waals surface area contributed by atoms with Crippen molar-refractivity contribution < 1.29 is 22.6 Å². The first kappa shape index (κ1) is 14.6. The number of hydrogen-bond acceptors (Lipinski definition) is 4. The lowest BCUT2D eigenvalue weighted by molar-refractivity contribution is -0.141. The van der Waals surface area contributed by atoms with E-state index in [1.165, 1.54) is 17.1 Å². The zero-order chi connectivity index (χ0) is 16.7. The summed E-state index contributed by atoms with van der Waals surface area (Å²) in [5, 5.41) is 4.32. The monoisotopic (exact) mass is 333 g/mol. The van der Waals surface area contributed by atoms with Crippen molar-refractivity contribution in [1.82, 2.24) is 14.8 Å². The molecular weight excluding hydrogens is 323 g/mol. The Hall–Kier alpha value is -3.03. The number of pyridine rings is 1. The number of ether oxygens (including phenoxy) is 2. The van der Waals surface area contributed by atoms with Crippen LogP contribution in [0.3, 0.4) is 0 Å². The average Bonchev–Trinajstić information content (AvgIpc) is 3.25. The van der Waals surface area contributed by atoms with E-state index in [1.54, 1.807) is 30.3 Å². The van der Waals surface area contributed by atoms with Crippen molar-refractivity contribution in [2.75, 3.05) is 6.79 Å². The molecule has 0 fully saturated rings. The highest BCUT2D eigenvalue weighted by atomic mass is 19.4. The SMILES string of the molecule is FC(F)(F)c1ccn(-c2cc(C3=COCO3)nc3ccccc23)n1. The molecule has 0 saturated heterocycles. The summed E-state index contributed by atoms with van der Waals surface area (Å²) in [5.41, 5.74) is 0.600. The van der Waals surface area contributed by atoms with Crippen LogP contribution in [0, 0.1) is 0 Å². The van der Waals surface area contributed by atoms with E-state index in [4.69, 9.17) is 9.47 Å². The zero-order valence-corrected chi connectivity index (χ0v) is 12.1. The summed E-state index contributed by atoms with van der Waals surface area (Å²) in [6, 6.07) is 9.69. The Kier molecular flexibility index (Phi) is 3.19. The number of hydrogen-bond donors (Lipinski definition) is 0. The summed E-state index contributed by atoms with van der Waals surface area (Å²) in [6.07, 6.45) is -1.80. The number of alkyl halides is 3. The van der Waals surface area contributed by atoms with Gasteiger partial charge in [0.2, 0.25) is 6.79 Å². The Bertz CT molecular complexity index is 947. The van der Waals surface area contributed by atoms with Gasteiger partial charge in [0.15, 0.2) is 11.5 Å². The van der Waals surface area contributed by atoms with Gasteiger partial charge in [0, 0.05) is 11.6 Å². The van der Waals surface area contributed by atoms with E-state index >= 15 is 0 Å². The summed E-state index contributed by atoms with van der Waals surface area (Å²) in [4.78, 5) is 4.46. The Balaban J connectivity index is 1.91. The molecule has 0 atom stereocenters. The van der Waals surface area contributed by atoms with Crippen molar-refractivity contribution in [2.24, 2.45) is 0 Å². The van der Waals surface area contributed by atoms with Crippen molar-refractivity contribution in [2.45, 2.75) is 6.18 Å². The van der Waals surface area contributed by atoms with Crippen molar-refractivity contribution in [3.05, 3.63) is 60.2 Å². The van der Waals surface area contributed by atoms with Gasteiger partial charge >= 0.3 is 6.18 Å². The normalized spacial score (nSPS) is 14.4. The molecule has 4 rings (SSSR count). The van der Waals surface area contributed by atoms with Crippen LogP contribution in [0.5, 0.6) is 0 Å². The predicted molar refractivity (Wildman–Crippen MR) is 78.9 cm³/mol. The summed E-state index contributed by atoms with van der Waals surface area (Å²) < 4.78 is 50.0. The average molecular weight is 333 g/mol. The fourth-order valence-electron chi connectivity index (χ4n) is 2.46. The molecule has 0 aliphatic carbocycles. The molecule has 0 radical (unpaired) electrons. The lowest BCUT2D eigenvalue weighted by Crippen LogP contribution is -2.08. The Morgan fingerprint density at radius 2 is 1.96 bits per heavy atom. The third-order valence-electron chi connectivity index (χ3n) is 3.55. The van der Waals surface area contributed by atoms with E-state index < -0.39 is 11.9 Å². The highest BCUT2D eigenvalue weighted by molar-refractivity contribution is 5.88. The maximum Gasteiger partial charge on any atom is 0.435 e. The fourth-order valence-corrected chi connectivity index (χ4v) is 2.46. The van der Waals surface area contributed by atoms with Crippen LogP contribution in [0.2, 0.25) is 0 Å². The number of aromatic nitrogens is 3. The van der Waals surface area contributed by atoms with Crippen LogP contribution < -0.4 is 0 Å². The molecule has 0 bridgehead atoms. The van der Waals surface area contributed by atoms with Crippen molar-refractivity contribution in [3.8, 4) is 5.69 Å². The van der Waals surface area contributed by atoms with Crippen LogP contribution in [-0.2, 0) is 15.7 Å². The standard InChI is InChI=1S/C16H10F3N3O2/c17-16(18,19)15-5-6-22(21-15)13-7-12(14-8-23-9-24-14)20-11-4-2-1-3-10(11)13/h1-8H,9H2. The van der Waals surface area contributed by atoms with Crippen LogP contribution in [-0.4, -0.2) is 21.6 Å². The second-order valence-corrected chi connectivity index (χ2v) is 5.10. The fraction of sp³-hybridized carbons (Fsp3) is 0.125. The summed E-state index contributed by atoms with van der Waals surface area (Å²) in [7, 11) is 0. The topological polar surface area (TPSA) is 49.2 Å². The second kappa shape index (κ2) is 5.26. The molecule has 0 saturated carbocycles. The van der Waals surface area contributed by atoms with Crippen molar-refractivity contribution in [1.29, 1.82) is 0 Å². The van der Waals surface area contributed by atoms with Gasteiger partial charge in [-0.25, -0.2) is 9.67 Å². The van der Waals surface area contributed by atoms with Crippen LogP contribution in [0.4, 0.5) is 13.2 Å². The minimum Gasteiger partial charge on any atom is -0.461 e. The molecule has 5 nitrogen and oxygen atoms in total. The molecule has 1 aromatic carbocycles. The molecule has 0 spiro atoms. The van der Waals surface area contributed by atoms with E-state index in [1.807, 2.05) is 0 Å². The molecule has 2 aromatic heterocycles. The van der Waals surface area contributed by atoms with Crippen LogP contribution in [0.25, 0.3) is 22.3 Å². The molecule has 0 unspecified atom stereocenters. The molecule has 8 heteroatoms. The quantitative estimate of drug-likeness (QED) is 0.717. The number of nitrogens with zero attached hydrogens (tertiary/aromatic N) is 3. The molecule has 3 aromatic rings. The van der Waals surface area contributed by atoms with E-state index in [0.29, 0.717) is 28.0 Å². The van der Waals surface area contributed by atoms with E-state index in [2.05, 4.69) is 10.1 Å². The Morgan fingerprint density at radius 1 is 1.12 bits per heavy atom. The summed E-state index contributed by atoms with van der Waals surface area (Å²) >= 11 is 0. The maximum atomic E-state index is 12.8. The Labute approximate surface area is 133 Å². The molecular formula is C16H10F3N3O2. The first-order valence-corrected chi connectivity index (χ1v) is 7.00. The van der Waals surface area contributed by atoms with Crippen LogP contribution >= 0.6 is 0 Å². The smallest absolute Gasteiger partial charge is 0.435 e. The largest absolute Gasteiger partial charge is 0.461 e. The van der Waals surface area contributed by atoms with Crippen LogP contribution in [0.1, 0.15) is 11.4 Å². The van der Waals surface area contributed by atoms with Gasteiger partial charge in [0.05, 0.1) is 11.2 Å². The minimum absolute atomic E-state index is 0.0825. The van der Waals surface area contributed by atoms with Gasteiger partial charge in [-0.15, -0.1) is 0 Å². The third kappa shape index (κ3) is 2.45. The van der Waals surface area contributed by atoms with Gasteiger partial charge in [-0.05, 0) is 18.2 Å². The number of fused-ring (bicyclic) bond motifs is 1. The third-order valence-corrected chi connectivity index (χ3v) is 3.55. The first-order chi connectivity index (χ1) is 11.5. The predicted octanol–water partition coefficient (Wildman–Crippen LogP) is 3.74. The van der Waals surface area contributed by atoms with E-state index in [9.17, 15) is 13.2 Å². The number of rotatable bonds is 2. The van der Waals surface area contributed by atoms with Gasteiger partial charge in [0.25, 0.3) is 0 Å². The Morgan fingerprint density at radius 3 is 2.67 bits per heavy atom. The molecule has 0 N–H and O–H groups in total. The minimum atomic E-state index is -4.50. The van der Waals surface area contributed by atoms with Gasteiger partial charge in [-0.2, -0.15) is 18.3 Å². The van der Waals surface area contributed by atoms with Crippen molar-refractivity contribution in [3.63, 3.8) is 0 Å².